The molecule has 1 aromatic rings. The van der Waals surface area contributed by atoms with Crippen LogP contribution in [-0.4, -0.2) is 28.2 Å². The second-order valence-corrected chi connectivity index (χ2v) is 7.32. The van der Waals surface area contributed by atoms with Crippen LogP contribution in [0.4, 0.5) is 11.6 Å². The van der Waals surface area contributed by atoms with Gasteiger partial charge in [0.25, 0.3) is 0 Å². The summed E-state index contributed by atoms with van der Waals surface area (Å²) in [6.07, 6.45) is 5.81. The molecule has 21 heavy (non-hydrogen) atoms. The van der Waals surface area contributed by atoms with Crippen LogP contribution in [-0.2, 0) is 5.41 Å². The molecule has 1 aliphatic carbocycles. The number of aromatic nitrogens is 2. The lowest BCUT2D eigenvalue weighted by atomic mass is 9.74. The van der Waals surface area contributed by atoms with Crippen LogP contribution < -0.4 is 11.1 Å². The quantitative estimate of drug-likeness (QED) is 0.794. The van der Waals surface area contributed by atoms with Crippen molar-refractivity contribution in [1.29, 1.82) is 0 Å². The standard InChI is InChI=1S/C16H28N4O/c1-15(2,3)14-19-12(17)9-13(20-14)18-10-16(11-21)7-5-4-6-8-16/h9,21H,4-8,10-11H2,1-3H3,(H3,17,18,19,20). The van der Waals surface area contributed by atoms with Gasteiger partial charge in [-0.3, -0.25) is 0 Å². The number of nitrogens with zero attached hydrogens (tertiary/aromatic N) is 2. The van der Waals surface area contributed by atoms with Crippen LogP contribution in [0.25, 0.3) is 0 Å². The summed E-state index contributed by atoms with van der Waals surface area (Å²) in [4.78, 5) is 8.89. The summed E-state index contributed by atoms with van der Waals surface area (Å²) >= 11 is 0. The van der Waals surface area contributed by atoms with E-state index in [0.29, 0.717) is 5.82 Å². The summed E-state index contributed by atoms with van der Waals surface area (Å²) in [5.74, 6) is 1.98. The lowest BCUT2D eigenvalue weighted by Crippen LogP contribution is -2.36. The molecule has 1 fully saturated rings. The lowest BCUT2D eigenvalue weighted by Gasteiger charge is -2.35. The van der Waals surface area contributed by atoms with E-state index in [9.17, 15) is 5.11 Å². The Hall–Kier alpha value is -1.36. The van der Waals surface area contributed by atoms with Crippen molar-refractivity contribution < 1.29 is 5.11 Å². The molecule has 1 heterocycles. The Kier molecular flexibility index (Phi) is 4.71. The van der Waals surface area contributed by atoms with E-state index in [1.807, 2.05) is 0 Å². The van der Waals surface area contributed by atoms with Gasteiger partial charge in [0.15, 0.2) is 0 Å². The molecule has 1 aliphatic rings. The summed E-state index contributed by atoms with van der Waals surface area (Å²) < 4.78 is 0. The SMILES string of the molecule is CC(C)(C)c1nc(N)cc(NCC2(CO)CCCCC2)n1. The van der Waals surface area contributed by atoms with Crippen LogP contribution >= 0.6 is 0 Å². The molecule has 0 unspecified atom stereocenters. The van der Waals surface area contributed by atoms with Gasteiger partial charge in [0.1, 0.15) is 17.5 Å². The van der Waals surface area contributed by atoms with E-state index in [1.165, 1.54) is 19.3 Å². The van der Waals surface area contributed by atoms with E-state index < -0.39 is 0 Å². The third kappa shape index (κ3) is 4.06. The minimum absolute atomic E-state index is 0.0140. The Morgan fingerprint density at radius 3 is 2.48 bits per heavy atom. The Labute approximate surface area is 127 Å². The van der Waals surface area contributed by atoms with Crippen LogP contribution in [0, 0.1) is 5.41 Å². The van der Waals surface area contributed by atoms with Crippen molar-refractivity contribution in [2.45, 2.75) is 58.3 Å². The van der Waals surface area contributed by atoms with E-state index >= 15 is 0 Å². The van der Waals surface area contributed by atoms with Crippen molar-refractivity contribution in [3.63, 3.8) is 0 Å². The molecule has 4 N–H and O–H groups in total. The number of anilines is 2. The first-order valence-electron chi connectivity index (χ1n) is 7.84. The van der Waals surface area contributed by atoms with E-state index in [2.05, 4.69) is 36.1 Å². The van der Waals surface area contributed by atoms with Crippen LogP contribution in [0.3, 0.4) is 0 Å². The van der Waals surface area contributed by atoms with Gasteiger partial charge in [0.05, 0.1) is 6.61 Å². The summed E-state index contributed by atoms with van der Waals surface area (Å²) in [6.45, 7) is 7.18. The predicted octanol–water partition coefficient (Wildman–Crippen LogP) is 2.71. The first kappa shape index (κ1) is 16.0. The second kappa shape index (κ2) is 6.18. The predicted molar refractivity (Wildman–Crippen MR) is 86.2 cm³/mol. The minimum atomic E-state index is -0.134. The zero-order valence-electron chi connectivity index (χ0n) is 13.4. The maximum absolute atomic E-state index is 9.76. The van der Waals surface area contributed by atoms with Gasteiger partial charge in [-0.15, -0.1) is 0 Å². The minimum Gasteiger partial charge on any atom is -0.396 e. The van der Waals surface area contributed by atoms with Crippen LogP contribution in [0.5, 0.6) is 0 Å². The zero-order valence-corrected chi connectivity index (χ0v) is 13.4. The Morgan fingerprint density at radius 1 is 1.24 bits per heavy atom. The van der Waals surface area contributed by atoms with Gasteiger partial charge in [-0.05, 0) is 12.8 Å². The molecule has 0 amide bonds. The molecule has 5 nitrogen and oxygen atoms in total. The third-order valence-electron chi connectivity index (χ3n) is 4.31. The summed E-state index contributed by atoms with van der Waals surface area (Å²) in [5, 5.41) is 13.1. The Bertz CT molecular complexity index is 476. The van der Waals surface area contributed by atoms with E-state index in [0.717, 1.165) is 31.0 Å². The molecule has 5 heteroatoms. The van der Waals surface area contributed by atoms with Crippen molar-refractivity contribution in [2.75, 3.05) is 24.2 Å². The summed E-state index contributed by atoms with van der Waals surface area (Å²) in [7, 11) is 0. The summed E-state index contributed by atoms with van der Waals surface area (Å²) in [6, 6.07) is 1.77. The number of nitrogens with one attached hydrogen (secondary N) is 1. The molecule has 2 rings (SSSR count). The van der Waals surface area contributed by atoms with Gasteiger partial charge in [-0.1, -0.05) is 40.0 Å². The Balaban J connectivity index is 2.10. The van der Waals surface area contributed by atoms with E-state index in [1.54, 1.807) is 6.07 Å². The molecule has 0 bridgehead atoms. The highest BCUT2D eigenvalue weighted by Crippen LogP contribution is 2.36. The lowest BCUT2D eigenvalue weighted by molar-refractivity contribution is 0.0943. The molecule has 1 aromatic heterocycles. The number of hydrogen-bond donors (Lipinski definition) is 3. The molecule has 0 spiro atoms. The first-order chi connectivity index (χ1) is 9.85. The molecule has 118 valence electrons. The molecule has 0 aromatic carbocycles. The third-order valence-corrected chi connectivity index (χ3v) is 4.31. The molecular weight excluding hydrogens is 264 g/mol. The largest absolute Gasteiger partial charge is 0.396 e. The molecule has 0 atom stereocenters. The number of aliphatic hydroxyl groups is 1. The number of nitrogen functional groups attached to an aromatic ring is 1. The van der Waals surface area contributed by atoms with Crippen LogP contribution in [0.15, 0.2) is 6.07 Å². The molecule has 0 saturated heterocycles. The number of aliphatic hydroxyl groups excluding tert-OH is 1. The highest BCUT2D eigenvalue weighted by Gasteiger charge is 2.31. The molecule has 0 aliphatic heterocycles. The number of nitrogens with two attached hydrogens (primary N) is 1. The monoisotopic (exact) mass is 292 g/mol. The van der Waals surface area contributed by atoms with Gasteiger partial charge in [0, 0.05) is 23.4 Å². The van der Waals surface area contributed by atoms with Crippen molar-refractivity contribution in [3.05, 3.63) is 11.9 Å². The summed E-state index contributed by atoms with van der Waals surface area (Å²) in [5.41, 5.74) is 5.74. The van der Waals surface area contributed by atoms with Gasteiger partial charge < -0.3 is 16.2 Å². The number of rotatable bonds is 4. The van der Waals surface area contributed by atoms with Crippen LogP contribution in [0.1, 0.15) is 58.7 Å². The van der Waals surface area contributed by atoms with Gasteiger partial charge in [0.2, 0.25) is 0 Å². The Morgan fingerprint density at radius 2 is 1.90 bits per heavy atom. The normalized spacial score (nSPS) is 18.5. The van der Waals surface area contributed by atoms with Crippen molar-refractivity contribution in [3.8, 4) is 0 Å². The molecule has 0 radical (unpaired) electrons. The molecule has 1 saturated carbocycles. The van der Waals surface area contributed by atoms with Gasteiger partial charge >= 0.3 is 0 Å². The molecular formula is C16H28N4O. The fraction of sp³-hybridized carbons (Fsp3) is 0.750. The fourth-order valence-corrected chi connectivity index (χ4v) is 2.86. The van der Waals surface area contributed by atoms with Crippen molar-refractivity contribution in [2.24, 2.45) is 5.41 Å². The average Bonchev–Trinajstić information content (AvgIpc) is 2.45. The van der Waals surface area contributed by atoms with Crippen molar-refractivity contribution >= 4 is 11.6 Å². The van der Waals surface area contributed by atoms with E-state index in [-0.39, 0.29) is 17.4 Å². The average molecular weight is 292 g/mol. The fourth-order valence-electron chi connectivity index (χ4n) is 2.86. The zero-order chi connectivity index (χ0) is 15.5. The van der Waals surface area contributed by atoms with Crippen molar-refractivity contribution in [1.82, 2.24) is 9.97 Å². The van der Waals surface area contributed by atoms with Gasteiger partial charge in [-0.2, -0.15) is 0 Å². The maximum atomic E-state index is 9.76. The van der Waals surface area contributed by atoms with Crippen LogP contribution in [0.2, 0.25) is 0 Å². The van der Waals surface area contributed by atoms with E-state index in [4.69, 9.17) is 5.73 Å². The number of hydrogen-bond acceptors (Lipinski definition) is 5. The maximum Gasteiger partial charge on any atom is 0.138 e. The second-order valence-electron chi connectivity index (χ2n) is 7.32. The highest BCUT2D eigenvalue weighted by atomic mass is 16.3. The first-order valence-corrected chi connectivity index (χ1v) is 7.84. The van der Waals surface area contributed by atoms with Gasteiger partial charge in [-0.25, -0.2) is 9.97 Å². The topological polar surface area (TPSA) is 84.1 Å². The smallest absolute Gasteiger partial charge is 0.138 e. The highest BCUT2D eigenvalue weighted by molar-refractivity contribution is 5.45.